The Balaban J connectivity index is 2.23. The molecular formula is C16H26N4O. The average molecular weight is 290 g/mol. The molecule has 2 heterocycles. The number of piperidine rings is 1. The first kappa shape index (κ1) is 15.8. The molecule has 1 amide bonds. The van der Waals surface area contributed by atoms with Crippen LogP contribution in [0.2, 0.25) is 0 Å². The highest BCUT2D eigenvalue weighted by Gasteiger charge is 2.29. The largest absolute Gasteiger partial charge is 0.368 e. The molecule has 0 bridgehead atoms. The molecule has 0 radical (unpaired) electrons. The fraction of sp³-hybridized carbons (Fsp3) is 0.625. The number of anilines is 1. The molecular weight excluding hydrogens is 264 g/mol. The summed E-state index contributed by atoms with van der Waals surface area (Å²) in [6.45, 7) is 7.98. The van der Waals surface area contributed by atoms with Crippen molar-refractivity contribution in [2.75, 3.05) is 11.4 Å². The zero-order chi connectivity index (χ0) is 15.5. The summed E-state index contributed by atoms with van der Waals surface area (Å²) in [4.78, 5) is 18.3. The lowest BCUT2D eigenvalue weighted by molar-refractivity contribution is -0.119. The summed E-state index contributed by atoms with van der Waals surface area (Å²) >= 11 is 0. The van der Waals surface area contributed by atoms with E-state index in [0.717, 1.165) is 43.7 Å². The number of hydrogen-bond donors (Lipinski definition) is 2. The lowest BCUT2D eigenvalue weighted by atomic mass is 10.0. The molecule has 3 N–H and O–H groups in total. The van der Waals surface area contributed by atoms with Gasteiger partial charge in [0.2, 0.25) is 5.91 Å². The van der Waals surface area contributed by atoms with Gasteiger partial charge in [-0.1, -0.05) is 6.07 Å². The van der Waals surface area contributed by atoms with Crippen LogP contribution in [0.5, 0.6) is 0 Å². The molecule has 0 spiro atoms. The van der Waals surface area contributed by atoms with Gasteiger partial charge in [0, 0.05) is 30.4 Å². The van der Waals surface area contributed by atoms with Gasteiger partial charge in [0.25, 0.3) is 0 Å². The molecule has 1 aromatic rings. The van der Waals surface area contributed by atoms with E-state index in [2.05, 4.69) is 42.0 Å². The van der Waals surface area contributed by atoms with Gasteiger partial charge in [-0.05, 0) is 46.1 Å². The summed E-state index contributed by atoms with van der Waals surface area (Å²) < 4.78 is 0. The summed E-state index contributed by atoms with van der Waals surface area (Å²) in [5, 5.41) is 3.48. The Kier molecular flexibility index (Phi) is 4.83. The minimum absolute atomic E-state index is 0.0398. The molecule has 1 aliphatic rings. The molecule has 2 rings (SSSR count). The number of nitrogens with zero attached hydrogens (tertiary/aromatic N) is 2. The van der Waals surface area contributed by atoms with Gasteiger partial charge in [-0.15, -0.1) is 0 Å². The van der Waals surface area contributed by atoms with Crippen LogP contribution >= 0.6 is 0 Å². The zero-order valence-electron chi connectivity index (χ0n) is 13.2. The van der Waals surface area contributed by atoms with E-state index in [1.807, 2.05) is 6.07 Å². The van der Waals surface area contributed by atoms with Gasteiger partial charge in [-0.3, -0.25) is 4.79 Å². The van der Waals surface area contributed by atoms with E-state index in [4.69, 9.17) is 5.73 Å². The number of nitrogens with one attached hydrogen (secondary N) is 1. The Morgan fingerprint density at radius 3 is 2.90 bits per heavy atom. The van der Waals surface area contributed by atoms with Crippen molar-refractivity contribution in [3.05, 3.63) is 23.9 Å². The second-order valence-electron chi connectivity index (χ2n) is 6.70. The number of hydrogen-bond acceptors (Lipinski definition) is 4. The molecule has 5 nitrogen and oxygen atoms in total. The van der Waals surface area contributed by atoms with Crippen molar-refractivity contribution in [1.29, 1.82) is 0 Å². The summed E-state index contributed by atoms with van der Waals surface area (Å²) in [6, 6.07) is 3.77. The van der Waals surface area contributed by atoms with Crippen LogP contribution in [0.15, 0.2) is 18.3 Å². The fourth-order valence-electron chi connectivity index (χ4n) is 2.67. The smallest absolute Gasteiger partial charge is 0.240 e. The highest BCUT2D eigenvalue weighted by atomic mass is 16.1. The fourth-order valence-corrected chi connectivity index (χ4v) is 2.67. The summed E-state index contributed by atoms with van der Waals surface area (Å²) in [5.41, 5.74) is 6.72. The van der Waals surface area contributed by atoms with E-state index >= 15 is 0 Å². The van der Waals surface area contributed by atoms with Crippen LogP contribution in [0.1, 0.15) is 45.6 Å². The first-order chi connectivity index (χ1) is 9.88. The third-order valence-corrected chi connectivity index (χ3v) is 3.78. The monoisotopic (exact) mass is 290 g/mol. The molecule has 0 aromatic carbocycles. The van der Waals surface area contributed by atoms with Crippen LogP contribution in [0, 0.1) is 0 Å². The second kappa shape index (κ2) is 6.43. The number of aromatic nitrogens is 1. The van der Waals surface area contributed by atoms with E-state index in [-0.39, 0.29) is 17.5 Å². The maximum atomic E-state index is 11.7. The van der Waals surface area contributed by atoms with Crippen molar-refractivity contribution in [3.8, 4) is 0 Å². The molecule has 1 atom stereocenters. The molecule has 1 unspecified atom stereocenters. The molecule has 5 heteroatoms. The average Bonchev–Trinajstić information content (AvgIpc) is 2.44. The highest BCUT2D eigenvalue weighted by Crippen LogP contribution is 2.26. The topological polar surface area (TPSA) is 71.2 Å². The summed E-state index contributed by atoms with van der Waals surface area (Å²) in [5.74, 6) is 0.632. The summed E-state index contributed by atoms with van der Waals surface area (Å²) in [6.07, 6.45) is 4.72. The highest BCUT2D eigenvalue weighted by molar-refractivity contribution is 5.83. The molecule has 1 aliphatic heterocycles. The first-order valence-electron chi connectivity index (χ1n) is 7.63. The van der Waals surface area contributed by atoms with Crippen molar-refractivity contribution in [2.45, 2.75) is 58.2 Å². The van der Waals surface area contributed by atoms with Crippen molar-refractivity contribution in [2.24, 2.45) is 5.73 Å². The van der Waals surface area contributed by atoms with Gasteiger partial charge in [0.1, 0.15) is 11.9 Å². The Hall–Kier alpha value is -1.62. The van der Waals surface area contributed by atoms with Gasteiger partial charge in [0.05, 0.1) is 0 Å². The van der Waals surface area contributed by atoms with Gasteiger partial charge in [-0.25, -0.2) is 4.98 Å². The minimum Gasteiger partial charge on any atom is -0.368 e. The van der Waals surface area contributed by atoms with Crippen molar-refractivity contribution >= 4 is 11.7 Å². The maximum absolute atomic E-state index is 11.7. The number of carbonyl (C=O) groups excluding carboxylic acids is 1. The number of amides is 1. The number of nitrogens with two attached hydrogens (primary N) is 1. The molecule has 1 fully saturated rings. The van der Waals surface area contributed by atoms with Crippen molar-refractivity contribution in [1.82, 2.24) is 10.3 Å². The van der Waals surface area contributed by atoms with E-state index in [1.54, 1.807) is 6.20 Å². The number of rotatable bonds is 4. The third-order valence-electron chi connectivity index (χ3n) is 3.78. The van der Waals surface area contributed by atoms with E-state index in [0.29, 0.717) is 0 Å². The van der Waals surface area contributed by atoms with Crippen LogP contribution in [0.25, 0.3) is 0 Å². The Labute approximate surface area is 126 Å². The Morgan fingerprint density at radius 1 is 1.48 bits per heavy atom. The molecule has 0 aliphatic carbocycles. The first-order valence-corrected chi connectivity index (χ1v) is 7.63. The predicted molar refractivity (Wildman–Crippen MR) is 85.0 cm³/mol. The van der Waals surface area contributed by atoms with Crippen LogP contribution in [-0.2, 0) is 11.3 Å². The normalized spacial score (nSPS) is 19.6. The van der Waals surface area contributed by atoms with Gasteiger partial charge >= 0.3 is 0 Å². The molecule has 0 saturated carbocycles. The predicted octanol–water partition coefficient (Wildman–Crippen LogP) is 1.81. The Morgan fingerprint density at radius 2 is 2.24 bits per heavy atom. The number of pyridine rings is 1. The standard InChI is InChI=1S/C16H26N4O/c1-16(2,3)19-11-12-7-6-9-18-15(12)20-10-5-4-8-13(20)14(17)21/h6-7,9,13,19H,4-5,8,10-11H2,1-3H3,(H2,17,21). The van der Waals surface area contributed by atoms with E-state index < -0.39 is 0 Å². The number of carbonyl (C=O) groups is 1. The van der Waals surface area contributed by atoms with E-state index in [1.165, 1.54) is 0 Å². The van der Waals surface area contributed by atoms with Gasteiger partial charge in [0.15, 0.2) is 0 Å². The van der Waals surface area contributed by atoms with Crippen molar-refractivity contribution in [3.63, 3.8) is 0 Å². The third kappa shape index (κ3) is 4.17. The second-order valence-corrected chi connectivity index (χ2v) is 6.70. The van der Waals surface area contributed by atoms with Crippen LogP contribution < -0.4 is 16.0 Å². The quantitative estimate of drug-likeness (QED) is 0.887. The molecule has 1 aromatic heterocycles. The lowest BCUT2D eigenvalue weighted by Crippen LogP contribution is -2.48. The Bertz CT molecular complexity index is 495. The SMILES string of the molecule is CC(C)(C)NCc1cccnc1N1CCCCC1C(N)=O. The maximum Gasteiger partial charge on any atom is 0.240 e. The lowest BCUT2D eigenvalue weighted by Gasteiger charge is -2.36. The molecule has 21 heavy (non-hydrogen) atoms. The van der Waals surface area contributed by atoms with Crippen LogP contribution in [0.4, 0.5) is 5.82 Å². The molecule has 116 valence electrons. The van der Waals surface area contributed by atoms with E-state index in [9.17, 15) is 4.79 Å². The molecule has 1 saturated heterocycles. The van der Waals surface area contributed by atoms with Gasteiger partial charge in [-0.2, -0.15) is 0 Å². The zero-order valence-corrected chi connectivity index (χ0v) is 13.2. The van der Waals surface area contributed by atoms with Crippen molar-refractivity contribution < 1.29 is 4.79 Å². The van der Waals surface area contributed by atoms with Crippen LogP contribution in [0.3, 0.4) is 0 Å². The minimum atomic E-state index is -0.255. The van der Waals surface area contributed by atoms with Crippen LogP contribution in [-0.4, -0.2) is 29.0 Å². The number of primary amides is 1. The summed E-state index contributed by atoms with van der Waals surface area (Å²) in [7, 11) is 0. The van der Waals surface area contributed by atoms with Gasteiger partial charge < -0.3 is 16.0 Å².